The van der Waals surface area contributed by atoms with Gasteiger partial charge in [-0.25, -0.2) is 45.9 Å². The van der Waals surface area contributed by atoms with E-state index in [4.69, 9.17) is 42.1 Å². The fourth-order valence-corrected chi connectivity index (χ4v) is 17.1. The summed E-state index contributed by atoms with van der Waals surface area (Å²) in [6.07, 6.45) is 21.1. The smallest absolute Gasteiger partial charge is 0.724 e. The van der Waals surface area contributed by atoms with Crippen molar-refractivity contribution in [3.05, 3.63) is 58.9 Å². The molecule has 0 saturated carbocycles. The predicted molar refractivity (Wildman–Crippen MR) is 446 cm³/mol. The van der Waals surface area contributed by atoms with E-state index >= 15 is 0 Å². The first-order valence-corrected chi connectivity index (χ1v) is 45.5. The number of aryl methyl sites for hydroxylation is 2. The van der Waals surface area contributed by atoms with Crippen LogP contribution in [0.4, 0.5) is 24.0 Å². The van der Waals surface area contributed by atoms with Gasteiger partial charge in [0, 0.05) is 65.8 Å². The molecule has 11 aliphatic rings. The number of amides is 10. The summed E-state index contributed by atoms with van der Waals surface area (Å²) >= 11 is 0. The number of quaternary nitrogens is 1. The molecular weight excluding hydrogens is 1760 g/mol. The van der Waals surface area contributed by atoms with Crippen LogP contribution in [-0.2, 0) is 85.7 Å². The Labute approximate surface area is 772 Å². The maximum Gasteiger partial charge on any atom is 1.00 e. The maximum atomic E-state index is 12.3. The second-order valence-electron chi connectivity index (χ2n) is 30.2. The van der Waals surface area contributed by atoms with Crippen LogP contribution in [0.3, 0.4) is 0 Å². The number of rotatable bonds is 29. The Kier molecular flexibility index (Phi) is 47.6. The molecule has 11 aliphatic heterocycles. The van der Waals surface area contributed by atoms with E-state index in [9.17, 15) is 63.5 Å². The number of hydrogen-bond donors (Lipinski definition) is 5. The van der Waals surface area contributed by atoms with Gasteiger partial charge in [0.2, 0.25) is 79.7 Å². The van der Waals surface area contributed by atoms with E-state index in [0.29, 0.717) is 96.3 Å². The summed E-state index contributed by atoms with van der Waals surface area (Å²) in [6, 6.07) is -5.47. The molecule has 0 aromatic carbocycles. The summed E-state index contributed by atoms with van der Waals surface area (Å²) in [6.45, 7) is 25.6. The molecule has 0 radical (unpaired) electrons. The summed E-state index contributed by atoms with van der Waals surface area (Å²) in [7, 11) is -12.7. The first kappa shape index (κ1) is 115. The number of fused-ring (bicyclic) bond motifs is 10. The number of unbranched alkanes of at least 4 members (excludes halogenated alkanes) is 4. The fourth-order valence-electron chi connectivity index (χ4n) is 15.9. The van der Waals surface area contributed by atoms with E-state index in [-0.39, 0.29) is 152 Å². The summed E-state index contributed by atoms with van der Waals surface area (Å²) in [4.78, 5) is 69.5. The van der Waals surface area contributed by atoms with Gasteiger partial charge in [-0.05, 0) is 103 Å². The van der Waals surface area contributed by atoms with Crippen molar-refractivity contribution in [2.75, 3.05) is 79.2 Å². The van der Waals surface area contributed by atoms with Crippen molar-refractivity contribution < 1.29 is 157 Å². The summed E-state index contributed by atoms with van der Waals surface area (Å²) in [5, 5.41) is 77.0. The summed E-state index contributed by atoms with van der Waals surface area (Å²) in [5.41, 5.74) is 0. The van der Waals surface area contributed by atoms with Gasteiger partial charge in [-0.15, -0.1) is 55.3 Å². The Morgan fingerprint density at radius 3 is 0.938 bits per heavy atom. The molecule has 5 aromatic heterocycles. The topological polar surface area (TPSA) is 614 Å². The average Bonchev–Trinajstić information content (AvgIpc) is 1.63. The SMILES string of the molecule is C.C.C.C.C.C1CCOC1.CC.CCCC[N+](CCCC)(CCCC)CCCC.CCc1nnc([C@@H]2CC[C@@H]3CN2C(=O)N3C)o1.CCc1nnc([C@@H]2CC[C@@H]3CN2C(=O)N3O)o1.NOS(=O)(=O)ON1C(=O)N2C[C@H]1CC[C@H]2c1nnc(CO)o1.O=C1N2C[C@@H](CC[C@H]2c2nnc(CO)o2)N1OS(=O)(=O)[O-].O=C1N2C[C@@H](CC[C@H]2c2nnc(CO)o2)N1OS(=O)(=O)[O-].[Na+]. The van der Waals surface area contributed by atoms with E-state index in [1.54, 1.807) is 4.90 Å². The molecule has 16 heterocycles. The zero-order valence-corrected chi connectivity index (χ0v) is 75.6. The molecule has 10 bridgehead atoms. The molecule has 0 unspecified atom stereocenters. The average molecular weight is 1900 g/mol. The van der Waals surface area contributed by atoms with E-state index < -0.39 is 105 Å². The number of likely N-dealkylation sites (N-methyl/N-ethyl adjacent to an activating group) is 1. The number of urea groups is 5. The van der Waals surface area contributed by atoms with Crippen molar-refractivity contribution in [2.24, 2.45) is 5.90 Å². The molecule has 0 aliphatic carbocycles. The Bertz CT molecular complexity index is 4290. The minimum Gasteiger partial charge on any atom is -0.724 e. The van der Waals surface area contributed by atoms with Gasteiger partial charge in [0.15, 0.2) is 0 Å². The van der Waals surface area contributed by atoms with E-state index in [0.717, 1.165) is 56.9 Å². The molecule has 128 heavy (non-hydrogen) atoms. The molecule has 16 rings (SSSR count). The number of hydroxylamine groups is 8. The fraction of sp³-hybridized carbons (Fsp3) is 0.800. The van der Waals surface area contributed by atoms with Crippen molar-refractivity contribution in [2.45, 2.75) is 314 Å². The molecule has 53 heteroatoms. The second-order valence-corrected chi connectivity index (χ2v) is 33.3. The number of aromatic nitrogens is 10. The third kappa shape index (κ3) is 29.4. The monoisotopic (exact) mass is 1890 g/mol. The van der Waals surface area contributed by atoms with E-state index in [2.05, 4.69) is 102 Å². The zero-order chi connectivity index (χ0) is 88.8. The van der Waals surface area contributed by atoms with Crippen molar-refractivity contribution in [3.63, 3.8) is 0 Å². The Morgan fingerprint density at radius 2 is 0.672 bits per heavy atom. The summed E-state index contributed by atoms with van der Waals surface area (Å²) in [5.74, 6) is 7.42. The number of nitrogens with zero attached hydrogens (tertiary/aromatic N) is 21. The molecule has 0 spiro atoms. The van der Waals surface area contributed by atoms with Gasteiger partial charge in [-0.3, -0.25) is 5.21 Å². The van der Waals surface area contributed by atoms with E-state index in [1.165, 1.54) is 110 Å². The molecule has 6 N–H and O–H groups in total. The molecular formula is C75H135N22NaO27S3. The van der Waals surface area contributed by atoms with Gasteiger partial charge in [0.05, 0.1) is 56.4 Å². The van der Waals surface area contributed by atoms with Crippen LogP contribution in [-0.4, -0.2) is 300 Å². The number of hydrogen-bond acceptors (Lipinski definition) is 38. The number of nitrogens with two attached hydrogens (primary N) is 1. The Balaban J connectivity index is 0.000000387. The minimum atomic E-state index is -5.02. The molecule has 726 valence electrons. The second kappa shape index (κ2) is 53.2. The number of piperidine rings is 5. The van der Waals surface area contributed by atoms with Crippen LogP contribution < -0.4 is 35.5 Å². The first-order chi connectivity index (χ1) is 58.4. The third-order valence-electron chi connectivity index (χ3n) is 22.2. The van der Waals surface area contributed by atoms with Crippen LogP contribution in [0.2, 0.25) is 0 Å². The van der Waals surface area contributed by atoms with E-state index in [1.807, 2.05) is 44.5 Å². The van der Waals surface area contributed by atoms with Crippen LogP contribution in [0.1, 0.15) is 310 Å². The molecule has 11 fully saturated rings. The normalized spacial score (nSPS) is 22.8. The van der Waals surface area contributed by atoms with Gasteiger partial charge < -0.3 is 85.1 Å². The Hall–Kier alpha value is -7.62. The van der Waals surface area contributed by atoms with Crippen molar-refractivity contribution >= 4 is 61.4 Å². The maximum absolute atomic E-state index is 12.3. The molecule has 49 nitrogen and oxygen atoms in total. The van der Waals surface area contributed by atoms with Crippen LogP contribution in [0.5, 0.6) is 0 Å². The molecule has 10 amide bonds. The Morgan fingerprint density at radius 1 is 0.406 bits per heavy atom. The minimum absolute atomic E-state index is 0. The largest absolute Gasteiger partial charge is 1.00 e. The van der Waals surface area contributed by atoms with Crippen molar-refractivity contribution in [3.8, 4) is 0 Å². The first-order valence-electron chi connectivity index (χ1n) is 41.5. The van der Waals surface area contributed by atoms with Gasteiger partial charge in [-0.1, -0.05) is 118 Å². The quantitative estimate of drug-likeness (QED) is 0.00980. The summed E-state index contributed by atoms with van der Waals surface area (Å²) < 4.78 is 136. The number of carbonyl (C=O) groups excluding carboxylic acids is 5. The number of aliphatic hydroxyl groups is 3. The standard InChI is InChI=1S/C16H36N.C11H16N4O2.C10H14N4O3.C9H13N5O7S.2C9H12N4O7S.C4H8O.C2H6.5CH4.Na/c1-5-9-13-17(14-10-6-2,15-11-7-3)16-12-8-4;1-3-9-12-13-10(17-9)8-5-4-7-6-15(8)11(16)14(7)2;1-2-8-11-12-9(17-8)7-4-3-6-5-13(7)10(15)14(6)16;10-20-22(17,18)21-14-5-1-2-6(13(3-5)9(14)16)8-12-11-7(4-15)19-8;2*14-4-7-10-11-8(19-7)6-2-1-5-3-12(6)9(15)13(5)20-21(16,17)18;1-2-4-5-3-1;1-2;;;;;;/h5-16H2,1-4H3;7-8H,3-6H2,1-2H3;6-7,16H,2-5H2,1H3;5-6,15H,1-4,10H2;2*5-6,14H,1-4H2,(H,16,17,18);1-4H2;1-2H3;5*1H4;/q+1;;;;;;;;;;;;;+1/p-2/t;7-,8+;6-,7+;3*5-,6+;;;;;;;;/m.11111......../s1. The number of ether oxygens (including phenoxy) is 1. The van der Waals surface area contributed by atoms with Gasteiger partial charge >= 0.3 is 70.1 Å². The van der Waals surface area contributed by atoms with Gasteiger partial charge in [0.1, 0.15) is 50.0 Å². The molecule has 11 saturated heterocycles. The van der Waals surface area contributed by atoms with Crippen LogP contribution >= 0.6 is 0 Å². The van der Waals surface area contributed by atoms with Gasteiger partial charge in [0.25, 0.3) is 0 Å². The van der Waals surface area contributed by atoms with Crippen LogP contribution in [0.25, 0.3) is 0 Å². The van der Waals surface area contributed by atoms with Gasteiger partial charge in [-0.2, -0.15) is 42.4 Å². The predicted octanol–water partition coefficient (Wildman–Crippen LogP) is 5.54. The zero-order valence-electron chi connectivity index (χ0n) is 71.1. The molecule has 10 atom stereocenters. The van der Waals surface area contributed by atoms with Crippen LogP contribution in [0.15, 0.2) is 22.1 Å². The van der Waals surface area contributed by atoms with Crippen molar-refractivity contribution in [1.29, 1.82) is 0 Å². The number of carbonyl (C=O) groups is 5. The van der Waals surface area contributed by atoms with Crippen LogP contribution in [0, 0.1) is 0 Å². The number of aliphatic hydroxyl groups excluding tert-OH is 3. The van der Waals surface area contributed by atoms with Crippen molar-refractivity contribution in [1.82, 2.24) is 101 Å². The molecule has 5 aromatic rings. The third-order valence-corrected chi connectivity index (χ3v) is 23.5.